The minimum atomic E-state index is 0.356. The van der Waals surface area contributed by atoms with Crippen molar-refractivity contribution in [2.45, 2.75) is 13.0 Å². The summed E-state index contributed by atoms with van der Waals surface area (Å²) in [4.78, 5) is 15.1. The Morgan fingerprint density at radius 3 is 2.12 bits per heavy atom. The van der Waals surface area contributed by atoms with Crippen molar-refractivity contribution in [3.05, 3.63) is 211 Å². The number of rotatable bonds is 7. The van der Waals surface area contributed by atoms with E-state index in [0.717, 1.165) is 72.8 Å². The molecule has 5 nitrogen and oxygen atoms in total. The van der Waals surface area contributed by atoms with Gasteiger partial charge in [0.15, 0.2) is 11.7 Å². The van der Waals surface area contributed by atoms with E-state index in [1.54, 1.807) is 0 Å². The van der Waals surface area contributed by atoms with Gasteiger partial charge in [-0.2, -0.15) is 0 Å². The third-order valence-electron chi connectivity index (χ3n) is 10.9. The summed E-state index contributed by atoms with van der Waals surface area (Å²) in [5, 5.41) is 4.52. The molecular formula is C53H38N4O. The predicted molar refractivity (Wildman–Crippen MR) is 244 cm³/mol. The first kappa shape index (κ1) is 34.8. The van der Waals surface area contributed by atoms with Gasteiger partial charge in [0.25, 0.3) is 0 Å². The fourth-order valence-corrected chi connectivity index (χ4v) is 8.07. The average Bonchev–Trinajstić information content (AvgIpc) is 3.70. The monoisotopic (exact) mass is 746 g/mol. The van der Waals surface area contributed by atoms with Gasteiger partial charge in [0.2, 0.25) is 0 Å². The lowest BCUT2D eigenvalue weighted by Gasteiger charge is -2.12. The minimum Gasteiger partial charge on any atom is -0.456 e. The normalized spacial score (nSPS) is 13.4. The number of fused-ring (bicyclic) bond motifs is 6. The van der Waals surface area contributed by atoms with Crippen molar-refractivity contribution >= 4 is 67.8 Å². The van der Waals surface area contributed by atoms with Gasteiger partial charge in [-0.1, -0.05) is 158 Å². The molecule has 0 fully saturated rings. The van der Waals surface area contributed by atoms with Gasteiger partial charge in [0, 0.05) is 50.4 Å². The van der Waals surface area contributed by atoms with Crippen molar-refractivity contribution in [1.29, 1.82) is 0 Å². The Labute approximate surface area is 336 Å². The maximum atomic E-state index is 6.42. The Kier molecular flexibility index (Phi) is 9.09. The summed E-state index contributed by atoms with van der Waals surface area (Å²) in [5.41, 5.74) is 12.3. The number of amidine groups is 2. The quantitative estimate of drug-likeness (QED) is 0.118. The van der Waals surface area contributed by atoms with Crippen LogP contribution in [0.2, 0.25) is 0 Å². The molecule has 276 valence electrons. The third kappa shape index (κ3) is 6.49. The van der Waals surface area contributed by atoms with E-state index in [4.69, 9.17) is 14.4 Å². The third-order valence-corrected chi connectivity index (χ3v) is 10.9. The van der Waals surface area contributed by atoms with E-state index in [0.29, 0.717) is 18.2 Å². The SMILES string of the molecule is C=NC(=NC(=NCc1cccc2c1oc1ccccc12)c1ccc2c3ccccc3n(C3=CC=CC=CC3)c2c1)c1cccc(-c2cccc(-c3ccccc3)c2)c1. The van der Waals surface area contributed by atoms with Gasteiger partial charge in [-0.05, 0) is 65.4 Å². The maximum Gasteiger partial charge on any atom is 0.161 e. The highest BCUT2D eigenvalue weighted by atomic mass is 16.3. The van der Waals surface area contributed by atoms with Crippen LogP contribution >= 0.6 is 0 Å². The first-order chi connectivity index (χ1) is 28.7. The molecule has 0 unspecified atom stereocenters. The van der Waals surface area contributed by atoms with Crippen LogP contribution < -0.4 is 0 Å². The molecule has 5 heteroatoms. The van der Waals surface area contributed by atoms with E-state index in [9.17, 15) is 0 Å². The van der Waals surface area contributed by atoms with Crippen LogP contribution in [0.15, 0.2) is 214 Å². The van der Waals surface area contributed by atoms with E-state index in [1.165, 1.54) is 22.0 Å². The summed E-state index contributed by atoms with van der Waals surface area (Å²) in [7, 11) is 0. The molecule has 0 bridgehead atoms. The fourth-order valence-electron chi connectivity index (χ4n) is 8.07. The molecule has 9 aromatic rings. The van der Waals surface area contributed by atoms with Crippen LogP contribution in [0.25, 0.3) is 71.7 Å². The number of hydrogen-bond donors (Lipinski definition) is 0. The zero-order valence-electron chi connectivity index (χ0n) is 31.8. The Hall–Kier alpha value is -7.63. The second-order valence-corrected chi connectivity index (χ2v) is 14.4. The minimum absolute atomic E-state index is 0.356. The first-order valence-electron chi connectivity index (χ1n) is 19.5. The molecule has 2 aromatic heterocycles. The topological polar surface area (TPSA) is 55.1 Å². The van der Waals surface area contributed by atoms with Gasteiger partial charge in [0.05, 0.1) is 17.6 Å². The number of aliphatic imine (C=N–C) groups is 3. The van der Waals surface area contributed by atoms with Gasteiger partial charge in [-0.25, -0.2) is 9.98 Å². The van der Waals surface area contributed by atoms with Crippen LogP contribution in [0.5, 0.6) is 0 Å². The Bertz CT molecular complexity index is 3190. The number of furan rings is 1. The van der Waals surface area contributed by atoms with Crippen molar-refractivity contribution in [1.82, 2.24) is 4.57 Å². The smallest absolute Gasteiger partial charge is 0.161 e. The van der Waals surface area contributed by atoms with Crippen molar-refractivity contribution in [2.24, 2.45) is 15.0 Å². The van der Waals surface area contributed by atoms with E-state index in [1.807, 2.05) is 36.4 Å². The van der Waals surface area contributed by atoms with E-state index < -0.39 is 0 Å². The summed E-state index contributed by atoms with van der Waals surface area (Å²) in [5.74, 6) is 1.05. The van der Waals surface area contributed by atoms with Crippen LogP contribution in [0, 0.1) is 0 Å². The molecule has 0 aliphatic heterocycles. The van der Waals surface area contributed by atoms with E-state index >= 15 is 0 Å². The molecule has 0 atom stereocenters. The Morgan fingerprint density at radius 1 is 0.552 bits per heavy atom. The Balaban J connectivity index is 1.12. The first-order valence-corrected chi connectivity index (χ1v) is 19.5. The van der Waals surface area contributed by atoms with Crippen LogP contribution in [0.3, 0.4) is 0 Å². The lowest BCUT2D eigenvalue weighted by molar-refractivity contribution is 0.663. The van der Waals surface area contributed by atoms with E-state index in [2.05, 4.69) is 174 Å². The molecular weight excluding hydrogens is 709 g/mol. The van der Waals surface area contributed by atoms with Crippen molar-refractivity contribution in [2.75, 3.05) is 0 Å². The van der Waals surface area contributed by atoms with Crippen LogP contribution in [-0.2, 0) is 6.54 Å². The zero-order chi connectivity index (χ0) is 38.8. The highest BCUT2D eigenvalue weighted by Crippen LogP contribution is 2.35. The molecule has 0 N–H and O–H groups in total. The number of para-hydroxylation sites is 3. The highest BCUT2D eigenvalue weighted by Gasteiger charge is 2.17. The molecule has 2 heterocycles. The predicted octanol–water partition coefficient (Wildman–Crippen LogP) is 13.5. The summed E-state index contributed by atoms with van der Waals surface area (Å²) < 4.78 is 8.78. The number of hydrogen-bond acceptors (Lipinski definition) is 2. The molecule has 58 heavy (non-hydrogen) atoms. The molecule has 1 aliphatic rings. The lowest BCUT2D eigenvalue weighted by atomic mass is 9.98. The lowest BCUT2D eigenvalue weighted by Crippen LogP contribution is -2.06. The van der Waals surface area contributed by atoms with Crippen molar-refractivity contribution < 1.29 is 4.42 Å². The summed E-state index contributed by atoms with van der Waals surface area (Å²) >= 11 is 0. The average molecular weight is 747 g/mol. The second-order valence-electron chi connectivity index (χ2n) is 14.4. The number of allylic oxidation sites excluding steroid dienone is 6. The molecule has 1 aliphatic carbocycles. The van der Waals surface area contributed by atoms with Crippen LogP contribution in [0.4, 0.5) is 0 Å². The fraction of sp³-hybridized carbons (Fsp3) is 0.0377. The van der Waals surface area contributed by atoms with Crippen molar-refractivity contribution in [3.63, 3.8) is 0 Å². The van der Waals surface area contributed by atoms with Gasteiger partial charge >= 0.3 is 0 Å². The zero-order valence-corrected chi connectivity index (χ0v) is 31.8. The molecule has 10 rings (SSSR count). The van der Waals surface area contributed by atoms with Gasteiger partial charge in [-0.3, -0.25) is 4.99 Å². The molecule has 0 saturated carbocycles. The molecule has 0 spiro atoms. The maximum absolute atomic E-state index is 6.42. The van der Waals surface area contributed by atoms with E-state index in [-0.39, 0.29) is 0 Å². The van der Waals surface area contributed by atoms with Crippen LogP contribution in [-0.4, -0.2) is 23.0 Å². The molecule has 0 radical (unpaired) electrons. The summed E-state index contributed by atoms with van der Waals surface area (Å²) in [6, 6.07) is 56.9. The second kappa shape index (κ2) is 15.1. The summed E-state index contributed by atoms with van der Waals surface area (Å²) in [6.45, 7) is 4.37. The standard InChI is InChI=1S/C53H38N4O/c1-54-52(40-21-14-20-39(33-40)38-19-13-18-37(32-38)36-16-5-4-6-17-36)56-53(55-35-42-22-15-27-47-46-26-10-12-29-50(46)58-51(42)47)41-30-31-45-44-25-9-11-28-48(44)57(49(45)34-41)43-23-7-2-3-8-24-43/h2-23,25-34H,1,24,35H2. The number of nitrogens with zero attached hydrogens (tertiary/aromatic N) is 4. The molecule has 7 aromatic carbocycles. The Morgan fingerprint density at radius 2 is 1.24 bits per heavy atom. The molecule has 0 amide bonds. The number of benzene rings is 7. The number of aromatic nitrogens is 1. The van der Waals surface area contributed by atoms with Crippen molar-refractivity contribution in [3.8, 4) is 22.3 Å². The largest absolute Gasteiger partial charge is 0.456 e. The van der Waals surface area contributed by atoms with Gasteiger partial charge in [-0.15, -0.1) is 0 Å². The summed E-state index contributed by atoms with van der Waals surface area (Å²) in [6.07, 6.45) is 11.5. The van der Waals surface area contributed by atoms with Gasteiger partial charge < -0.3 is 8.98 Å². The molecule has 0 saturated heterocycles. The van der Waals surface area contributed by atoms with Crippen LogP contribution in [0.1, 0.15) is 23.1 Å². The van der Waals surface area contributed by atoms with Gasteiger partial charge in [0.1, 0.15) is 11.2 Å². The highest BCUT2D eigenvalue weighted by molar-refractivity contribution is 6.16.